The van der Waals surface area contributed by atoms with E-state index >= 15 is 0 Å². The number of nitrogens with two attached hydrogens (primary N) is 1. The first kappa shape index (κ1) is 9.96. The fraction of sp³-hybridized carbons (Fsp3) is 0.455. The van der Waals surface area contributed by atoms with Crippen LogP contribution in [0.2, 0.25) is 0 Å². The third kappa shape index (κ3) is 2.09. The smallest absolute Gasteiger partial charge is 0.272 e. The maximum Gasteiger partial charge on any atom is 0.272 e. The molecule has 1 aliphatic rings. The predicted molar refractivity (Wildman–Crippen MR) is 58.3 cm³/mol. The van der Waals surface area contributed by atoms with Crippen molar-refractivity contribution in [1.29, 1.82) is 0 Å². The Labute approximate surface area is 89.1 Å². The van der Waals surface area contributed by atoms with E-state index in [0.29, 0.717) is 17.4 Å². The van der Waals surface area contributed by atoms with E-state index in [0.717, 1.165) is 19.5 Å². The monoisotopic (exact) mass is 205 g/mol. The van der Waals surface area contributed by atoms with Crippen LogP contribution in [-0.4, -0.2) is 28.9 Å². The second-order valence-electron chi connectivity index (χ2n) is 4.09. The Kier molecular flexibility index (Phi) is 2.58. The molecule has 2 rings (SSSR count). The Morgan fingerprint density at radius 2 is 2.40 bits per heavy atom. The van der Waals surface area contributed by atoms with Crippen molar-refractivity contribution in [3.05, 3.63) is 23.9 Å². The number of pyridine rings is 1. The van der Waals surface area contributed by atoms with Crippen LogP contribution in [-0.2, 0) is 0 Å². The molecule has 0 aromatic carbocycles. The first-order valence-corrected chi connectivity index (χ1v) is 5.18. The number of nitrogen functional groups attached to an aromatic ring is 1. The molecule has 80 valence electrons. The molecule has 0 radical (unpaired) electrons. The van der Waals surface area contributed by atoms with Gasteiger partial charge in [0.2, 0.25) is 0 Å². The van der Waals surface area contributed by atoms with Gasteiger partial charge >= 0.3 is 0 Å². The van der Waals surface area contributed by atoms with Crippen molar-refractivity contribution in [2.75, 3.05) is 18.8 Å². The van der Waals surface area contributed by atoms with Crippen LogP contribution in [0.4, 0.5) is 5.82 Å². The van der Waals surface area contributed by atoms with E-state index in [2.05, 4.69) is 11.9 Å². The largest absolute Gasteiger partial charge is 0.384 e. The number of nitrogens with zero attached hydrogens (tertiary/aromatic N) is 2. The summed E-state index contributed by atoms with van der Waals surface area (Å²) in [6.45, 7) is 3.81. The minimum atomic E-state index is -0.00773. The van der Waals surface area contributed by atoms with E-state index in [4.69, 9.17) is 5.73 Å². The van der Waals surface area contributed by atoms with Gasteiger partial charge in [0.25, 0.3) is 5.91 Å². The van der Waals surface area contributed by atoms with Crippen LogP contribution in [0.25, 0.3) is 0 Å². The Bertz CT molecular complexity index is 378. The molecule has 1 unspecified atom stereocenters. The summed E-state index contributed by atoms with van der Waals surface area (Å²) >= 11 is 0. The van der Waals surface area contributed by atoms with Gasteiger partial charge in [-0.1, -0.05) is 13.0 Å². The normalized spacial score (nSPS) is 20.6. The van der Waals surface area contributed by atoms with E-state index in [9.17, 15) is 4.79 Å². The highest BCUT2D eigenvalue weighted by atomic mass is 16.2. The summed E-state index contributed by atoms with van der Waals surface area (Å²) in [6.07, 6.45) is 1.08. The standard InChI is InChI=1S/C11H15N3O/c1-8-5-6-14(7-8)11(15)9-3-2-4-10(12)13-9/h2-4,8H,5-7H2,1H3,(H2,12,13). The number of rotatable bonds is 1. The van der Waals surface area contributed by atoms with E-state index < -0.39 is 0 Å². The number of anilines is 1. The third-order valence-electron chi connectivity index (χ3n) is 2.70. The number of aromatic nitrogens is 1. The minimum Gasteiger partial charge on any atom is -0.384 e. The lowest BCUT2D eigenvalue weighted by Crippen LogP contribution is -2.29. The molecule has 1 aromatic rings. The van der Waals surface area contributed by atoms with Crippen LogP contribution < -0.4 is 5.73 Å². The van der Waals surface area contributed by atoms with Crippen molar-refractivity contribution in [1.82, 2.24) is 9.88 Å². The summed E-state index contributed by atoms with van der Waals surface area (Å²) in [4.78, 5) is 17.8. The SMILES string of the molecule is CC1CCN(C(=O)c2cccc(N)n2)C1. The van der Waals surface area contributed by atoms with E-state index in [1.165, 1.54) is 0 Å². The minimum absolute atomic E-state index is 0.00773. The average Bonchev–Trinajstić information content (AvgIpc) is 2.64. The number of carbonyl (C=O) groups is 1. The summed E-state index contributed by atoms with van der Waals surface area (Å²) in [5, 5.41) is 0. The van der Waals surface area contributed by atoms with Crippen molar-refractivity contribution in [3.63, 3.8) is 0 Å². The first-order chi connectivity index (χ1) is 7.16. The summed E-state index contributed by atoms with van der Waals surface area (Å²) in [5.74, 6) is 0.981. The molecule has 0 saturated carbocycles. The van der Waals surface area contributed by atoms with Gasteiger partial charge in [-0.15, -0.1) is 0 Å². The van der Waals surface area contributed by atoms with Crippen LogP contribution in [0.1, 0.15) is 23.8 Å². The molecular weight excluding hydrogens is 190 g/mol. The van der Waals surface area contributed by atoms with Gasteiger partial charge in [0, 0.05) is 13.1 Å². The van der Waals surface area contributed by atoms with Crippen molar-refractivity contribution >= 4 is 11.7 Å². The van der Waals surface area contributed by atoms with Gasteiger partial charge in [-0.25, -0.2) is 4.98 Å². The highest BCUT2D eigenvalue weighted by molar-refractivity contribution is 5.92. The average molecular weight is 205 g/mol. The van der Waals surface area contributed by atoms with Crippen LogP contribution in [0.3, 0.4) is 0 Å². The Morgan fingerprint density at radius 3 is 3.00 bits per heavy atom. The number of carbonyl (C=O) groups excluding carboxylic acids is 1. The molecule has 0 spiro atoms. The number of amides is 1. The fourth-order valence-corrected chi connectivity index (χ4v) is 1.85. The lowest BCUT2D eigenvalue weighted by molar-refractivity contribution is 0.0782. The summed E-state index contributed by atoms with van der Waals surface area (Å²) < 4.78 is 0. The maximum atomic E-state index is 12.0. The highest BCUT2D eigenvalue weighted by Gasteiger charge is 2.24. The van der Waals surface area contributed by atoms with Gasteiger partial charge < -0.3 is 10.6 Å². The van der Waals surface area contributed by atoms with Gasteiger partial charge in [-0.2, -0.15) is 0 Å². The zero-order valence-electron chi connectivity index (χ0n) is 8.81. The molecule has 1 aromatic heterocycles. The molecule has 1 saturated heterocycles. The number of likely N-dealkylation sites (tertiary alicyclic amines) is 1. The van der Waals surface area contributed by atoms with Crippen LogP contribution in [0, 0.1) is 5.92 Å². The van der Waals surface area contributed by atoms with Gasteiger partial charge in [0.15, 0.2) is 0 Å². The Balaban J connectivity index is 2.14. The van der Waals surface area contributed by atoms with Crippen LogP contribution in [0.5, 0.6) is 0 Å². The van der Waals surface area contributed by atoms with Gasteiger partial charge in [0.05, 0.1) is 0 Å². The molecule has 1 fully saturated rings. The van der Waals surface area contributed by atoms with Crippen LogP contribution in [0.15, 0.2) is 18.2 Å². The van der Waals surface area contributed by atoms with Gasteiger partial charge in [-0.3, -0.25) is 4.79 Å². The summed E-state index contributed by atoms with van der Waals surface area (Å²) in [5.41, 5.74) is 5.99. The molecule has 0 aliphatic carbocycles. The zero-order valence-corrected chi connectivity index (χ0v) is 8.81. The van der Waals surface area contributed by atoms with Gasteiger partial charge in [-0.05, 0) is 24.5 Å². The summed E-state index contributed by atoms with van der Waals surface area (Å²) in [7, 11) is 0. The lowest BCUT2D eigenvalue weighted by atomic mass is 10.2. The van der Waals surface area contributed by atoms with E-state index in [-0.39, 0.29) is 5.91 Å². The molecule has 1 amide bonds. The molecule has 1 aliphatic heterocycles. The van der Waals surface area contributed by atoms with Crippen LogP contribution >= 0.6 is 0 Å². The molecule has 15 heavy (non-hydrogen) atoms. The van der Waals surface area contributed by atoms with E-state index in [1.54, 1.807) is 18.2 Å². The van der Waals surface area contributed by atoms with Crippen molar-refractivity contribution in [3.8, 4) is 0 Å². The van der Waals surface area contributed by atoms with Crippen molar-refractivity contribution in [2.45, 2.75) is 13.3 Å². The van der Waals surface area contributed by atoms with Gasteiger partial charge in [0.1, 0.15) is 11.5 Å². The second-order valence-corrected chi connectivity index (χ2v) is 4.09. The van der Waals surface area contributed by atoms with E-state index in [1.807, 2.05) is 4.90 Å². The Hall–Kier alpha value is -1.58. The number of hydrogen-bond acceptors (Lipinski definition) is 3. The molecule has 2 N–H and O–H groups in total. The van der Waals surface area contributed by atoms with Crippen molar-refractivity contribution < 1.29 is 4.79 Å². The molecule has 1 atom stereocenters. The highest BCUT2D eigenvalue weighted by Crippen LogP contribution is 2.17. The molecular formula is C11H15N3O. The fourth-order valence-electron chi connectivity index (χ4n) is 1.85. The number of hydrogen-bond donors (Lipinski definition) is 1. The molecule has 4 heteroatoms. The van der Waals surface area contributed by atoms with Crippen molar-refractivity contribution in [2.24, 2.45) is 5.92 Å². The topological polar surface area (TPSA) is 59.2 Å². The molecule has 4 nitrogen and oxygen atoms in total. The summed E-state index contributed by atoms with van der Waals surface area (Å²) in [6, 6.07) is 5.15. The predicted octanol–water partition coefficient (Wildman–Crippen LogP) is 1.15. The quantitative estimate of drug-likeness (QED) is 0.748. The lowest BCUT2D eigenvalue weighted by Gasteiger charge is -2.15. The Morgan fingerprint density at radius 1 is 1.60 bits per heavy atom. The maximum absolute atomic E-state index is 12.0. The second kappa shape index (κ2) is 3.88. The third-order valence-corrected chi connectivity index (χ3v) is 2.70. The molecule has 0 bridgehead atoms. The molecule has 2 heterocycles. The zero-order chi connectivity index (χ0) is 10.8. The first-order valence-electron chi connectivity index (χ1n) is 5.18.